The third-order valence-corrected chi connectivity index (χ3v) is 3.99. The number of carboxylic acid groups (broad SMARTS) is 1. The molecule has 0 amide bonds. The Morgan fingerprint density at radius 1 is 1.37 bits per heavy atom. The molecule has 19 heavy (non-hydrogen) atoms. The van der Waals surface area contributed by atoms with Crippen LogP contribution in [0.1, 0.15) is 49.9 Å². The van der Waals surface area contributed by atoms with Gasteiger partial charge in [0.05, 0.1) is 6.10 Å². The van der Waals surface area contributed by atoms with E-state index in [0.717, 1.165) is 25.7 Å². The van der Waals surface area contributed by atoms with E-state index in [1.54, 1.807) is 12.1 Å². The fraction of sp³-hybridized carbons (Fsp3) is 0.533. The summed E-state index contributed by atoms with van der Waals surface area (Å²) in [6.45, 7) is 4.51. The zero-order valence-electron chi connectivity index (χ0n) is 11.3. The van der Waals surface area contributed by atoms with Crippen molar-refractivity contribution in [2.75, 3.05) is 0 Å². The van der Waals surface area contributed by atoms with Gasteiger partial charge in [0.25, 0.3) is 0 Å². The zero-order valence-corrected chi connectivity index (χ0v) is 12.0. The fourth-order valence-electron chi connectivity index (χ4n) is 2.44. The average molecular weight is 283 g/mol. The summed E-state index contributed by atoms with van der Waals surface area (Å²) >= 11 is 5.91. The van der Waals surface area contributed by atoms with Crippen LogP contribution in [0.3, 0.4) is 0 Å². The van der Waals surface area contributed by atoms with E-state index in [1.165, 1.54) is 6.07 Å². The molecule has 1 aromatic rings. The van der Waals surface area contributed by atoms with Gasteiger partial charge in [-0.05, 0) is 49.3 Å². The number of benzene rings is 1. The van der Waals surface area contributed by atoms with Gasteiger partial charge in [0, 0.05) is 5.02 Å². The van der Waals surface area contributed by atoms with Crippen LogP contribution in [-0.2, 0) is 0 Å². The molecule has 0 atom stereocenters. The molecule has 1 aliphatic carbocycles. The van der Waals surface area contributed by atoms with Gasteiger partial charge in [0.2, 0.25) is 0 Å². The Bertz CT molecular complexity index is 472. The van der Waals surface area contributed by atoms with Crippen molar-refractivity contribution in [3.05, 3.63) is 28.8 Å². The zero-order chi connectivity index (χ0) is 14.0. The Morgan fingerprint density at radius 2 is 2.00 bits per heavy atom. The van der Waals surface area contributed by atoms with Crippen LogP contribution in [0.5, 0.6) is 5.75 Å². The number of hydrogen-bond acceptors (Lipinski definition) is 2. The highest BCUT2D eigenvalue weighted by molar-refractivity contribution is 6.30. The predicted molar refractivity (Wildman–Crippen MR) is 75.1 cm³/mol. The molecule has 0 unspecified atom stereocenters. The van der Waals surface area contributed by atoms with E-state index in [4.69, 9.17) is 21.4 Å². The third kappa shape index (κ3) is 3.63. The predicted octanol–water partition coefficient (Wildman–Crippen LogP) is 4.39. The molecule has 1 aliphatic rings. The maximum atomic E-state index is 11.2. The first kappa shape index (κ1) is 14.2. The summed E-state index contributed by atoms with van der Waals surface area (Å²) in [7, 11) is 0. The highest BCUT2D eigenvalue weighted by Gasteiger charge is 2.28. The van der Waals surface area contributed by atoms with Crippen LogP contribution in [0.25, 0.3) is 0 Å². The van der Waals surface area contributed by atoms with Gasteiger partial charge in [-0.2, -0.15) is 0 Å². The molecule has 0 saturated heterocycles. The molecule has 1 fully saturated rings. The molecule has 0 spiro atoms. The van der Waals surface area contributed by atoms with Crippen molar-refractivity contribution in [2.45, 2.75) is 45.6 Å². The summed E-state index contributed by atoms with van der Waals surface area (Å²) in [5.74, 6) is -0.604. The standard InChI is InChI=1S/C15H19ClO3/c1-15(2)7-5-11(6-8-15)19-13-9-10(16)3-4-12(13)14(17)18/h3-4,9,11H,5-8H2,1-2H3,(H,17,18). The molecule has 1 N–H and O–H groups in total. The normalized spacial score (nSPS) is 19.1. The summed E-state index contributed by atoms with van der Waals surface area (Å²) in [6, 6.07) is 4.65. The van der Waals surface area contributed by atoms with Gasteiger partial charge in [0.1, 0.15) is 11.3 Å². The lowest BCUT2D eigenvalue weighted by atomic mass is 9.76. The summed E-state index contributed by atoms with van der Waals surface area (Å²) in [6.07, 6.45) is 4.20. The Morgan fingerprint density at radius 3 is 2.58 bits per heavy atom. The van der Waals surface area contributed by atoms with Crippen molar-refractivity contribution in [2.24, 2.45) is 5.41 Å². The Balaban J connectivity index is 2.11. The molecular formula is C15H19ClO3. The first-order valence-corrected chi connectivity index (χ1v) is 6.95. The van der Waals surface area contributed by atoms with Crippen molar-refractivity contribution in [3.8, 4) is 5.75 Å². The highest BCUT2D eigenvalue weighted by Crippen LogP contribution is 2.37. The molecule has 0 aliphatic heterocycles. The van der Waals surface area contributed by atoms with Gasteiger partial charge >= 0.3 is 5.97 Å². The summed E-state index contributed by atoms with van der Waals surface area (Å²) in [4.78, 5) is 11.2. The number of carboxylic acids is 1. The minimum atomic E-state index is -0.984. The van der Waals surface area contributed by atoms with E-state index in [1.807, 2.05) is 0 Å². The number of carbonyl (C=O) groups is 1. The van der Waals surface area contributed by atoms with Crippen LogP contribution in [0.4, 0.5) is 0 Å². The molecule has 0 heterocycles. The molecule has 0 aromatic heterocycles. The molecular weight excluding hydrogens is 264 g/mol. The number of rotatable bonds is 3. The minimum absolute atomic E-state index is 0.0876. The smallest absolute Gasteiger partial charge is 0.339 e. The second-order valence-electron chi connectivity index (χ2n) is 5.93. The van der Waals surface area contributed by atoms with Crippen LogP contribution >= 0.6 is 11.6 Å². The van der Waals surface area contributed by atoms with Crippen molar-refractivity contribution < 1.29 is 14.6 Å². The van der Waals surface area contributed by atoms with Crippen LogP contribution in [0.2, 0.25) is 5.02 Å². The quantitative estimate of drug-likeness (QED) is 0.894. The average Bonchev–Trinajstić information content (AvgIpc) is 2.31. The van der Waals surface area contributed by atoms with Gasteiger partial charge in [-0.1, -0.05) is 25.4 Å². The maximum absolute atomic E-state index is 11.2. The fourth-order valence-corrected chi connectivity index (χ4v) is 2.60. The second-order valence-corrected chi connectivity index (χ2v) is 6.36. The molecule has 0 bridgehead atoms. The molecule has 2 rings (SSSR count). The second kappa shape index (κ2) is 5.41. The van der Waals surface area contributed by atoms with Gasteiger partial charge in [-0.15, -0.1) is 0 Å². The Labute approximate surface area is 118 Å². The van der Waals surface area contributed by atoms with Gasteiger partial charge in [-0.3, -0.25) is 0 Å². The number of halogens is 1. The van der Waals surface area contributed by atoms with E-state index < -0.39 is 5.97 Å². The number of aromatic carboxylic acids is 1. The van der Waals surface area contributed by atoms with Crippen molar-refractivity contribution in [3.63, 3.8) is 0 Å². The SMILES string of the molecule is CC1(C)CCC(Oc2cc(Cl)ccc2C(=O)O)CC1. The lowest BCUT2D eigenvalue weighted by Gasteiger charge is -2.34. The van der Waals surface area contributed by atoms with Gasteiger partial charge < -0.3 is 9.84 Å². The van der Waals surface area contributed by atoms with E-state index in [0.29, 0.717) is 16.2 Å². The van der Waals surface area contributed by atoms with Crippen LogP contribution in [0.15, 0.2) is 18.2 Å². The first-order valence-electron chi connectivity index (χ1n) is 6.57. The lowest BCUT2D eigenvalue weighted by molar-refractivity contribution is 0.0674. The number of ether oxygens (including phenoxy) is 1. The summed E-state index contributed by atoms with van der Waals surface area (Å²) in [5.41, 5.74) is 0.540. The maximum Gasteiger partial charge on any atom is 0.339 e. The van der Waals surface area contributed by atoms with Crippen LogP contribution in [0, 0.1) is 5.41 Å². The largest absolute Gasteiger partial charge is 0.489 e. The Hall–Kier alpha value is -1.22. The molecule has 3 nitrogen and oxygen atoms in total. The van der Waals surface area contributed by atoms with E-state index in [-0.39, 0.29) is 11.7 Å². The van der Waals surface area contributed by atoms with Crippen molar-refractivity contribution >= 4 is 17.6 Å². The molecule has 0 radical (unpaired) electrons. The van der Waals surface area contributed by atoms with Gasteiger partial charge in [-0.25, -0.2) is 4.79 Å². The van der Waals surface area contributed by atoms with Gasteiger partial charge in [0.15, 0.2) is 0 Å². The first-order chi connectivity index (χ1) is 8.87. The highest BCUT2D eigenvalue weighted by atomic mass is 35.5. The Kier molecular flexibility index (Phi) is 4.04. The van der Waals surface area contributed by atoms with E-state index in [9.17, 15) is 4.79 Å². The van der Waals surface area contributed by atoms with Crippen LogP contribution in [-0.4, -0.2) is 17.2 Å². The molecule has 104 valence electrons. The number of hydrogen-bond donors (Lipinski definition) is 1. The monoisotopic (exact) mass is 282 g/mol. The van der Waals surface area contributed by atoms with Crippen molar-refractivity contribution in [1.82, 2.24) is 0 Å². The lowest BCUT2D eigenvalue weighted by Crippen LogP contribution is -2.28. The topological polar surface area (TPSA) is 46.5 Å². The van der Waals surface area contributed by atoms with E-state index >= 15 is 0 Å². The molecule has 1 aromatic carbocycles. The third-order valence-electron chi connectivity index (χ3n) is 3.75. The molecule has 1 saturated carbocycles. The summed E-state index contributed by atoms with van der Waals surface area (Å²) < 4.78 is 5.86. The van der Waals surface area contributed by atoms with E-state index in [2.05, 4.69) is 13.8 Å². The minimum Gasteiger partial charge on any atom is -0.489 e. The molecule has 4 heteroatoms. The summed E-state index contributed by atoms with van der Waals surface area (Å²) in [5, 5.41) is 9.64. The van der Waals surface area contributed by atoms with Crippen LogP contribution < -0.4 is 4.74 Å². The van der Waals surface area contributed by atoms with Crippen molar-refractivity contribution in [1.29, 1.82) is 0 Å².